The predicted molar refractivity (Wildman–Crippen MR) is 61.3 cm³/mol. The highest BCUT2D eigenvalue weighted by Crippen LogP contribution is 2.14. The van der Waals surface area contributed by atoms with Gasteiger partial charge >= 0.3 is 5.97 Å². The van der Waals surface area contributed by atoms with Gasteiger partial charge < -0.3 is 15.4 Å². The lowest BCUT2D eigenvalue weighted by molar-refractivity contribution is 0.0595. The lowest BCUT2D eigenvalue weighted by atomic mass is 10.4. The summed E-state index contributed by atoms with van der Waals surface area (Å²) >= 11 is 0. The van der Waals surface area contributed by atoms with Gasteiger partial charge in [-0.15, -0.1) is 0 Å². The first-order chi connectivity index (χ1) is 7.63. The van der Waals surface area contributed by atoms with Gasteiger partial charge in [0.2, 0.25) is 0 Å². The number of esters is 1. The van der Waals surface area contributed by atoms with E-state index in [2.05, 4.69) is 14.7 Å². The molecule has 0 unspecified atom stereocenters. The Labute approximate surface area is 94.4 Å². The number of nitrogens with two attached hydrogens (primary N) is 1. The Balaban J connectivity index is 3.03. The monoisotopic (exact) mass is 224 g/mol. The van der Waals surface area contributed by atoms with E-state index in [1.165, 1.54) is 13.3 Å². The molecule has 6 nitrogen and oxygen atoms in total. The minimum absolute atomic E-state index is 0.0541. The van der Waals surface area contributed by atoms with E-state index in [1.807, 2.05) is 18.7 Å². The van der Waals surface area contributed by atoms with Crippen LogP contribution in [0.15, 0.2) is 6.20 Å². The van der Waals surface area contributed by atoms with Crippen LogP contribution in [0.5, 0.6) is 0 Å². The van der Waals surface area contributed by atoms with Crippen LogP contribution in [-0.4, -0.2) is 36.1 Å². The summed E-state index contributed by atoms with van der Waals surface area (Å²) in [5.41, 5.74) is 5.70. The maximum atomic E-state index is 11.2. The van der Waals surface area contributed by atoms with Crippen LogP contribution in [0.25, 0.3) is 0 Å². The molecular weight excluding hydrogens is 208 g/mol. The summed E-state index contributed by atoms with van der Waals surface area (Å²) in [5.74, 6) is 0.183. The van der Waals surface area contributed by atoms with Gasteiger partial charge in [0.05, 0.1) is 13.3 Å². The van der Waals surface area contributed by atoms with E-state index in [-0.39, 0.29) is 11.5 Å². The van der Waals surface area contributed by atoms with Gasteiger partial charge in [0.15, 0.2) is 11.5 Å². The Hall–Kier alpha value is -1.85. The lowest BCUT2D eigenvalue weighted by Gasteiger charge is -2.19. The Morgan fingerprint density at radius 3 is 2.56 bits per heavy atom. The number of ether oxygens (including phenoxy) is 1. The average molecular weight is 224 g/mol. The van der Waals surface area contributed by atoms with E-state index in [0.717, 1.165) is 13.1 Å². The van der Waals surface area contributed by atoms with E-state index in [4.69, 9.17) is 5.73 Å². The molecule has 0 aromatic carbocycles. The fourth-order valence-corrected chi connectivity index (χ4v) is 1.35. The predicted octanol–water partition coefficient (Wildman–Crippen LogP) is 0.692. The molecule has 0 saturated heterocycles. The number of nitrogen functional groups attached to an aromatic ring is 1. The van der Waals surface area contributed by atoms with Crippen molar-refractivity contribution in [2.45, 2.75) is 13.8 Å². The van der Waals surface area contributed by atoms with Crippen molar-refractivity contribution in [3.05, 3.63) is 11.9 Å². The number of anilines is 2. The zero-order valence-corrected chi connectivity index (χ0v) is 9.73. The van der Waals surface area contributed by atoms with Crippen LogP contribution >= 0.6 is 0 Å². The van der Waals surface area contributed by atoms with E-state index in [1.54, 1.807) is 0 Å². The maximum absolute atomic E-state index is 11.2. The van der Waals surface area contributed by atoms with Gasteiger partial charge in [-0.1, -0.05) is 0 Å². The van der Waals surface area contributed by atoms with E-state index < -0.39 is 5.97 Å². The molecule has 2 N–H and O–H groups in total. The highest BCUT2D eigenvalue weighted by atomic mass is 16.5. The van der Waals surface area contributed by atoms with Gasteiger partial charge in [0, 0.05) is 13.1 Å². The van der Waals surface area contributed by atoms with Crippen molar-refractivity contribution < 1.29 is 9.53 Å². The van der Waals surface area contributed by atoms with Crippen molar-refractivity contribution in [1.82, 2.24) is 9.97 Å². The summed E-state index contributed by atoms with van der Waals surface area (Å²) in [6, 6.07) is 0. The number of hydrogen-bond donors (Lipinski definition) is 1. The Kier molecular flexibility index (Phi) is 4.04. The average Bonchev–Trinajstić information content (AvgIpc) is 2.30. The summed E-state index contributed by atoms with van der Waals surface area (Å²) in [4.78, 5) is 21.3. The second kappa shape index (κ2) is 5.29. The molecule has 1 aromatic heterocycles. The topological polar surface area (TPSA) is 81.3 Å². The third-order valence-electron chi connectivity index (χ3n) is 2.25. The molecule has 16 heavy (non-hydrogen) atoms. The third-order valence-corrected chi connectivity index (χ3v) is 2.25. The van der Waals surface area contributed by atoms with E-state index in [9.17, 15) is 4.79 Å². The molecule has 0 spiro atoms. The van der Waals surface area contributed by atoms with Gasteiger partial charge in [0.1, 0.15) is 5.82 Å². The fraction of sp³-hybridized carbons (Fsp3) is 0.500. The second-order valence-electron chi connectivity index (χ2n) is 3.13. The van der Waals surface area contributed by atoms with Crippen LogP contribution in [-0.2, 0) is 4.74 Å². The standard InChI is InChI=1S/C10H16N4O2/c1-4-14(5-2)7-6-12-8(9(11)13-7)10(15)16-3/h6H,4-5H2,1-3H3,(H2,11,13). The SMILES string of the molecule is CCN(CC)c1cnc(C(=O)OC)c(N)n1. The van der Waals surface area contributed by atoms with Crippen molar-refractivity contribution in [1.29, 1.82) is 0 Å². The number of methoxy groups -OCH3 is 1. The largest absolute Gasteiger partial charge is 0.464 e. The molecule has 88 valence electrons. The molecule has 0 fully saturated rings. The molecule has 1 heterocycles. The van der Waals surface area contributed by atoms with Gasteiger partial charge in [-0.3, -0.25) is 0 Å². The van der Waals surface area contributed by atoms with Gasteiger partial charge in [-0.2, -0.15) is 0 Å². The molecule has 0 amide bonds. The van der Waals surface area contributed by atoms with Crippen LogP contribution < -0.4 is 10.6 Å². The van der Waals surface area contributed by atoms with Crippen LogP contribution in [0.2, 0.25) is 0 Å². The zero-order valence-electron chi connectivity index (χ0n) is 9.73. The quantitative estimate of drug-likeness (QED) is 0.758. The summed E-state index contributed by atoms with van der Waals surface area (Å²) < 4.78 is 4.54. The first kappa shape index (κ1) is 12.2. The number of aromatic nitrogens is 2. The summed E-state index contributed by atoms with van der Waals surface area (Å²) in [6.45, 7) is 5.63. The lowest BCUT2D eigenvalue weighted by Crippen LogP contribution is -2.24. The number of carbonyl (C=O) groups is 1. The smallest absolute Gasteiger partial charge is 0.360 e. The minimum Gasteiger partial charge on any atom is -0.464 e. The molecule has 0 atom stereocenters. The Morgan fingerprint density at radius 2 is 2.12 bits per heavy atom. The van der Waals surface area contributed by atoms with Crippen LogP contribution in [0, 0.1) is 0 Å². The van der Waals surface area contributed by atoms with E-state index >= 15 is 0 Å². The molecule has 0 aliphatic rings. The van der Waals surface area contributed by atoms with Crippen molar-refractivity contribution in [2.75, 3.05) is 30.8 Å². The second-order valence-corrected chi connectivity index (χ2v) is 3.13. The summed E-state index contributed by atoms with van der Waals surface area (Å²) in [5, 5.41) is 0. The van der Waals surface area contributed by atoms with Crippen molar-refractivity contribution in [3.63, 3.8) is 0 Å². The highest BCUT2D eigenvalue weighted by Gasteiger charge is 2.15. The van der Waals surface area contributed by atoms with Crippen LogP contribution in [0.3, 0.4) is 0 Å². The van der Waals surface area contributed by atoms with E-state index in [0.29, 0.717) is 5.82 Å². The van der Waals surface area contributed by atoms with Crippen molar-refractivity contribution >= 4 is 17.6 Å². The summed E-state index contributed by atoms with van der Waals surface area (Å²) in [7, 11) is 1.28. The molecule has 0 radical (unpaired) electrons. The molecule has 1 rings (SSSR count). The Morgan fingerprint density at radius 1 is 1.50 bits per heavy atom. The van der Waals surface area contributed by atoms with Crippen molar-refractivity contribution in [3.8, 4) is 0 Å². The molecule has 0 aliphatic carbocycles. The molecule has 6 heteroatoms. The van der Waals surface area contributed by atoms with Crippen molar-refractivity contribution in [2.24, 2.45) is 0 Å². The van der Waals surface area contributed by atoms with Crippen LogP contribution in [0.1, 0.15) is 24.3 Å². The van der Waals surface area contributed by atoms with Gasteiger partial charge in [0.25, 0.3) is 0 Å². The number of hydrogen-bond acceptors (Lipinski definition) is 6. The third kappa shape index (κ3) is 2.39. The Bertz CT molecular complexity index is 377. The normalized spacial score (nSPS) is 9.94. The minimum atomic E-state index is -0.573. The molecular formula is C10H16N4O2. The zero-order chi connectivity index (χ0) is 12.1. The molecule has 0 saturated carbocycles. The first-order valence-electron chi connectivity index (χ1n) is 5.09. The fourth-order valence-electron chi connectivity index (χ4n) is 1.35. The molecule has 0 aliphatic heterocycles. The van der Waals surface area contributed by atoms with Gasteiger partial charge in [-0.25, -0.2) is 14.8 Å². The summed E-state index contributed by atoms with van der Waals surface area (Å²) in [6.07, 6.45) is 1.52. The van der Waals surface area contributed by atoms with Crippen LogP contribution in [0.4, 0.5) is 11.6 Å². The highest BCUT2D eigenvalue weighted by molar-refractivity contribution is 5.91. The number of rotatable bonds is 4. The molecule has 0 bridgehead atoms. The number of nitrogens with zero attached hydrogens (tertiary/aromatic N) is 3. The maximum Gasteiger partial charge on any atom is 0.360 e. The number of carbonyl (C=O) groups excluding carboxylic acids is 1. The van der Waals surface area contributed by atoms with Gasteiger partial charge in [-0.05, 0) is 13.8 Å². The molecule has 1 aromatic rings. The first-order valence-corrected chi connectivity index (χ1v) is 5.09.